The highest BCUT2D eigenvalue weighted by Crippen LogP contribution is 2.12. The summed E-state index contributed by atoms with van der Waals surface area (Å²) in [6.45, 7) is 2.26. The van der Waals surface area contributed by atoms with Crippen molar-refractivity contribution in [3.8, 4) is 0 Å². The quantitative estimate of drug-likeness (QED) is 0.290. The lowest BCUT2D eigenvalue weighted by Gasteiger charge is -2.13. The van der Waals surface area contributed by atoms with Gasteiger partial charge < -0.3 is 4.74 Å². The molecule has 0 spiro atoms. The Hall–Kier alpha value is -1.05. The third-order valence-corrected chi connectivity index (χ3v) is 3.68. The SMILES string of the molecule is CCCCCCCCCCC/C=C/C1C=CCC(=O)O1. The lowest BCUT2D eigenvalue weighted by Crippen LogP contribution is -2.16. The molecule has 0 fully saturated rings. The van der Waals surface area contributed by atoms with Gasteiger partial charge >= 0.3 is 5.97 Å². The smallest absolute Gasteiger partial charge is 0.310 e. The highest BCUT2D eigenvalue weighted by molar-refractivity contribution is 5.72. The Morgan fingerprint density at radius 2 is 1.75 bits per heavy atom. The highest BCUT2D eigenvalue weighted by Gasteiger charge is 2.11. The van der Waals surface area contributed by atoms with Crippen LogP contribution in [0.3, 0.4) is 0 Å². The molecule has 20 heavy (non-hydrogen) atoms. The van der Waals surface area contributed by atoms with Crippen LogP contribution in [0.1, 0.15) is 77.6 Å². The van der Waals surface area contributed by atoms with Crippen LogP contribution in [0.2, 0.25) is 0 Å². The Bertz CT molecular complexity index is 305. The number of hydrogen-bond acceptors (Lipinski definition) is 2. The lowest BCUT2D eigenvalue weighted by atomic mass is 10.1. The molecule has 1 rings (SSSR count). The predicted octanol–water partition coefficient (Wildman–Crippen LogP) is 5.34. The zero-order chi connectivity index (χ0) is 14.5. The molecule has 0 saturated heterocycles. The van der Waals surface area contributed by atoms with Gasteiger partial charge in [-0.05, 0) is 25.0 Å². The van der Waals surface area contributed by atoms with Gasteiger partial charge in [-0.15, -0.1) is 0 Å². The predicted molar refractivity (Wildman–Crippen MR) is 84.6 cm³/mol. The van der Waals surface area contributed by atoms with E-state index in [2.05, 4.69) is 13.0 Å². The largest absolute Gasteiger partial charge is 0.454 e. The fraction of sp³-hybridized carbons (Fsp3) is 0.722. The molecule has 0 aromatic rings. The van der Waals surface area contributed by atoms with Crippen LogP contribution in [-0.4, -0.2) is 12.1 Å². The molecule has 114 valence electrons. The van der Waals surface area contributed by atoms with Crippen LogP contribution in [0.25, 0.3) is 0 Å². The first-order valence-corrected chi connectivity index (χ1v) is 8.35. The highest BCUT2D eigenvalue weighted by atomic mass is 16.5. The molecule has 0 aromatic carbocycles. The number of cyclic esters (lactones) is 1. The van der Waals surface area contributed by atoms with Crippen molar-refractivity contribution < 1.29 is 9.53 Å². The number of carbonyl (C=O) groups is 1. The number of unbranched alkanes of at least 4 members (excludes halogenated alkanes) is 9. The Morgan fingerprint density at radius 3 is 2.40 bits per heavy atom. The molecular weight excluding hydrogens is 248 g/mol. The maximum absolute atomic E-state index is 11.1. The van der Waals surface area contributed by atoms with E-state index in [0.29, 0.717) is 6.42 Å². The summed E-state index contributed by atoms with van der Waals surface area (Å²) in [6.07, 6.45) is 21.6. The number of ether oxygens (including phenoxy) is 1. The van der Waals surface area contributed by atoms with Crippen molar-refractivity contribution in [2.45, 2.75) is 83.7 Å². The second kappa shape index (κ2) is 11.7. The molecule has 0 saturated carbocycles. The first-order chi connectivity index (χ1) is 9.83. The molecule has 2 nitrogen and oxygen atoms in total. The molecule has 2 heteroatoms. The standard InChI is InChI=1S/C18H30O2/c1-2-3-4-5-6-7-8-9-10-11-12-14-17-15-13-16-18(19)20-17/h12-15,17H,2-11,16H2,1H3/b14-12+. The first-order valence-electron chi connectivity index (χ1n) is 8.35. The molecule has 1 aliphatic rings. The Kier molecular flexibility index (Phi) is 9.99. The fourth-order valence-electron chi connectivity index (χ4n) is 2.44. The molecule has 1 heterocycles. The van der Waals surface area contributed by atoms with E-state index in [1.807, 2.05) is 18.2 Å². The van der Waals surface area contributed by atoms with Gasteiger partial charge in [-0.3, -0.25) is 4.79 Å². The van der Waals surface area contributed by atoms with Gasteiger partial charge in [0.2, 0.25) is 0 Å². The number of allylic oxidation sites excluding steroid dienone is 1. The second-order valence-corrected chi connectivity index (χ2v) is 5.63. The average molecular weight is 278 g/mol. The summed E-state index contributed by atoms with van der Waals surface area (Å²) in [4.78, 5) is 11.1. The molecule has 0 N–H and O–H groups in total. The minimum absolute atomic E-state index is 0.120. The van der Waals surface area contributed by atoms with Crippen LogP contribution < -0.4 is 0 Å². The van der Waals surface area contributed by atoms with Crippen LogP contribution >= 0.6 is 0 Å². The van der Waals surface area contributed by atoms with Gasteiger partial charge in [0.1, 0.15) is 6.10 Å². The summed E-state index contributed by atoms with van der Waals surface area (Å²) in [5.74, 6) is -0.120. The third kappa shape index (κ3) is 8.95. The van der Waals surface area contributed by atoms with Crippen LogP contribution in [0, 0.1) is 0 Å². The van der Waals surface area contributed by atoms with Gasteiger partial charge in [0.05, 0.1) is 6.42 Å². The molecule has 0 aromatic heterocycles. The number of hydrogen-bond donors (Lipinski definition) is 0. The van der Waals surface area contributed by atoms with Crippen molar-refractivity contribution in [3.05, 3.63) is 24.3 Å². The maximum atomic E-state index is 11.1. The minimum atomic E-state index is -0.130. The average Bonchev–Trinajstić information content (AvgIpc) is 2.45. The van der Waals surface area contributed by atoms with Crippen molar-refractivity contribution >= 4 is 5.97 Å². The normalized spacial score (nSPS) is 18.6. The Morgan fingerprint density at radius 1 is 1.10 bits per heavy atom. The first kappa shape index (κ1) is 17.0. The molecule has 1 unspecified atom stereocenters. The van der Waals surface area contributed by atoms with Gasteiger partial charge in [0.15, 0.2) is 0 Å². The van der Waals surface area contributed by atoms with E-state index in [4.69, 9.17) is 4.74 Å². The molecular formula is C18H30O2. The van der Waals surface area contributed by atoms with E-state index in [0.717, 1.165) is 6.42 Å². The number of esters is 1. The van der Waals surface area contributed by atoms with Crippen molar-refractivity contribution in [1.29, 1.82) is 0 Å². The van der Waals surface area contributed by atoms with E-state index < -0.39 is 0 Å². The van der Waals surface area contributed by atoms with Crippen molar-refractivity contribution in [1.82, 2.24) is 0 Å². The van der Waals surface area contributed by atoms with Crippen LogP contribution in [0.4, 0.5) is 0 Å². The summed E-state index contributed by atoms with van der Waals surface area (Å²) >= 11 is 0. The Balaban J connectivity index is 1.88. The second-order valence-electron chi connectivity index (χ2n) is 5.63. The zero-order valence-electron chi connectivity index (χ0n) is 13.0. The summed E-state index contributed by atoms with van der Waals surface area (Å²) in [5.41, 5.74) is 0. The molecule has 0 amide bonds. The van der Waals surface area contributed by atoms with Crippen molar-refractivity contribution in [2.24, 2.45) is 0 Å². The van der Waals surface area contributed by atoms with E-state index in [9.17, 15) is 4.79 Å². The van der Waals surface area contributed by atoms with Crippen molar-refractivity contribution in [2.75, 3.05) is 0 Å². The topological polar surface area (TPSA) is 26.3 Å². The van der Waals surface area contributed by atoms with Crippen LogP contribution in [0.15, 0.2) is 24.3 Å². The summed E-state index contributed by atoms with van der Waals surface area (Å²) < 4.78 is 5.17. The zero-order valence-corrected chi connectivity index (χ0v) is 13.0. The van der Waals surface area contributed by atoms with Crippen molar-refractivity contribution in [3.63, 3.8) is 0 Å². The van der Waals surface area contributed by atoms with Gasteiger partial charge in [-0.25, -0.2) is 0 Å². The third-order valence-electron chi connectivity index (χ3n) is 3.68. The van der Waals surface area contributed by atoms with Crippen LogP contribution in [-0.2, 0) is 9.53 Å². The lowest BCUT2D eigenvalue weighted by molar-refractivity contribution is -0.144. The van der Waals surface area contributed by atoms with Gasteiger partial charge in [-0.1, -0.05) is 70.4 Å². The summed E-state index contributed by atoms with van der Waals surface area (Å²) in [7, 11) is 0. The molecule has 0 radical (unpaired) electrons. The summed E-state index contributed by atoms with van der Waals surface area (Å²) in [5, 5.41) is 0. The van der Waals surface area contributed by atoms with E-state index in [1.165, 1.54) is 57.8 Å². The van der Waals surface area contributed by atoms with Crippen LogP contribution in [0.5, 0.6) is 0 Å². The molecule has 0 aliphatic carbocycles. The molecule has 1 atom stereocenters. The van der Waals surface area contributed by atoms with Gasteiger partial charge in [-0.2, -0.15) is 0 Å². The fourth-order valence-corrected chi connectivity index (χ4v) is 2.44. The number of carbonyl (C=O) groups excluding carboxylic acids is 1. The van der Waals surface area contributed by atoms with Gasteiger partial charge in [0, 0.05) is 0 Å². The Labute approximate surface area is 124 Å². The summed E-state index contributed by atoms with van der Waals surface area (Å²) in [6, 6.07) is 0. The van der Waals surface area contributed by atoms with E-state index >= 15 is 0 Å². The van der Waals surface area contributed by atoms with E-state index in [-0.39, 0.29) is 12.1 Å². The molecule has 1 aliphatic heterocycles. The maximum Gasteiger partial charge on any atom is 0.310 e. The number of rotatable bonds is 11. The van der Waals surface area contributed by atoms with Gasteiger partial charge in [0.25, 0.3) is 0 Å². The minimum Gasteiger partial charge on any atom is -0.454 e. The monoisotopic (exact) mass is 278 g/mol. The van der Waals surface area contributed by atoms with E-state index in [1.54, 1.807) is 0 Å². The molecule has 0 bridgehead atoms.